The van der Waals surface area contributed by atoms with Crippen molar-refractivity contribution in [1.82, 2.24) is 9.88 Å². The number of benzene rings is 1. The van der Waals surface area contributed by atoms with Crippen LogP contribution in [0.25, 0.3) is 0 Å². The summed E-state index contributed by atoms with van der Waals surface area (Å²) in [6, 6.07) is 9.06. The van der Waals surface area contributed by atoms with Crippen molar-refractivity contribution >= 4 is 5.91 Å². The summed E-state index contributed by atoms with van der Waals surface area (Å²) >= 11 is 0. The van der Waals surface area contributed by atoms with Crippen LogP contribution in [0.15, 0.2) is 42.6 Å². The fraction of sp³-hybridized carbons (Fsp3) is 0.478. The first kappa shape index (κ1) is 20.8. The van der Waals surface area contributed by atoms with Crippen LogP contribution in [-0.4, -0.2) is 35.5 Å². The number of ether oxygens (including phenoxy) is 1. The first-order valence-electron chi connectivity index (χ1n) is 10.4. The van der Waals surface area contributed by atoms with Crippen LogP contribution in [0.5, 0.6) is 0 Å². The number of aromatic nitrogens is 1. The highest BCUT2D eigenvalue weighted by molar-refractivity contribution is 5.79. The smallest absolute Gasteiger partial charge is 0.368 e. The van der Waals surface area contributed by atoms with E-state index in [1.165, 1.54) is 12.1 Å². The number of amides is 1. The molecular formula is C23H25F3N2O2. The molecule has 7 heteroatoms. The number of carbonyl (C=O) groups is 1. The van der Waals surface area contributed by atoms with Crippen LogP contribution in [-0.2, 0) is 22.1 Å². The van der Waals surface area contributed by atoms with Gasteiger partial charge in [0.1, 0.15) is 6.10 Å². The van der Waals surface area contributed by atoms with Gasteiger partial charge in [-0.1, -0.05) is 37.1 Å². The highest BCUT2D eigenvalue weighted by Gasteiger charge is 2.32. The fourth-order valence-corrected chi connectivity index (χ4v) is 4.28. The molecule has 1 aromatic heterocycles. The Balaban J connectivity index is 1.40. The molecule has 1 saturated heterocycles. The van der Waals surface area contributed by atoms with E-state index in [9.17, 15) is 18.0 Å². The molecule has 4 nitrogen and oxygen atoms in total. The SMILES string of the molecule is O=C(C1CCCC1)N1CCO[C@H](c2ccc(Cc3cccc(C(F)(F)F)c3)cn2)C1. The summed E-state index contributed by atoms with van der Waals surface area (Å²) in [6.45, 7) is 1.59. The van der Waals surface area contributed by atoms with E-state index in [4.69, 9.17) is 4.74 Å². The molecule has 0 radical (unpaired) electrons. The molecule has 1 saturated carbocycles. The third-order valence-corrected chi connectivity index (χ3v) is 5.92. The number of halogens is 3. The lowest BCUT2D eigenvalue weighted by molar-refractivity contribution is -0.143. The van der Waals surface area contributed by atoms with Crippen molar-refractivity contribution in [1.29, 1.82) is 0 Å². The summed E-state index contributed by atoms with van der Waals surface area (Å²) in [5, 5.41) is 0. The second-order valence-corrected chi connectivity index (χ2v) is 8.09. The summed E-state index contributed by atoms with van der Waals surface area (Å²) in [5.41, 5.74) is 1.51. The standard InChI is InChI=1S/C23H25F3N2O2/c24-23(25,26)19-7-3-4-16(13-19)12-17-8-9-20(27-14-17)21-15-28(10-11-30-21)22(29)18-5-1-2-6-18/h3-4,7-9,13-14,18,21H,1-2,5-6,10-12,15H2/t21-/m0/s1. The lowest BCUT2D eigenvalue weighted by atomic mass is 10.0. The number of carbonyl (C=O) groups excluding carboxylic acids is 1. The van der Waals surface area contributed by atoms with Gasteiger partial charge in [0, 0.05) is 18.7 Å². The van der Waals surface area contributed by atoms with Gasteiger partial charge in [0.15, 0.2) is 0 Å². The lowest BCUT2D eigenvalue weighted by Gasteiger charge is -2.34. The molecule has 1 atom stereocenters. The predicted octanol–water partition coefficient (Wildman–Crippen LogP) is 4.78. The molecule has 0 N–H and O–H groups in total. The molecule has 2 fully saturated rings. The van der Waals surface area contributed by atoms with Crippen molar-refractivity contribution in [3.63, 3.8) is 0 Å². The maximum absolute atomic E-state index is 12.9. The zero-order chi connectivity index (χ0) is 21.1. The summed E-state index contributed by atoms with van der Waals surface area (Å²) in [4.78, 5) is 19.1. The average Bonchev–Trinajstić information content (AvgIpc) is 3.28. The number of hydrogen-bond acceptors (Lipinski definition) is 3. The molecule has 2 heterocycles. The van der Waals surface area contributed by atoms with Crippen LogP contribution in [0.3, 0.4) is 0 Å². The van der Waals surface area contributed by atoms with E-state index in [0.29, 0.717) is 31.7 Å². The molecule has 2 aromatic rings. The molecule has 4 rings (SSSR count). The average molecular weight is 418 g/mol. The van der Waals surface area contributed by atoms with Gasteiger partial charge >= 0.3 is 6.18 Å². The Bertz CT molecular complexity index is 877. The van der Waals surface area contributed by atoms with Crippen molar-refractivity contribution in [2.24, 2.45) is 5.92 Å². The van der Waals surface area contributed by atoms with E-state index in [1.54, 1.807) is 12.3 Å². The van der Waals surface area contributed by atoms with Gasteiger partial charge in [-0.3, -0.25) is 9.78 Å². The van der Waals surface area contributed by atoms with Crippen molar-refractivity contribution in [2.75, 3.05) is 19.7 Å². The van der Waals surface area contributed by atoms with Gasteiger partial charge in [-0.2, -0.15) is 13.2 Å². The molecule has 1 amide bonds. The Hall–Kier alpha value is -2.41. The molecule has 0 spiro atoms. The number of morpholine rings is 1. The van der Waals surface area contributed by atoms with Crippen molar-refractivity contribution < 1.29 is 22.7 Å². The van der Waals surface area contributed by atoms with Crippen LogP contribution >= 0.6 is 0 Å². The largest absolute Gasteiger partial charge is 0.416 e. The van der Waals surface area contributed by atoms with Gasteiger partial charge in [-0.25, -0.2) is 0 Å². The highest BCUT2D eigenvalue weighted by atomic mass is 19.4. The number of rotatable bonds is 4. The maximum atomic E-state index is 12.9. The van der Waals surface area contributed by atoms with Crippen LogP contribution in [0.2, 0.25) is 0 Å². The molecule has 1 aromatic carbocycles. The first-order chi connectivity index (χ1) is 14.4. The Labute approximate surface area is 174 Å². The van der Waals surface area contributed by atoms with E-state index in [-0.39, 0.29) is 17.9 Å². The Kier molecular flexibility index (Phi) is 6.09. The molecule has 2 aliphatic rings. The number of nitrogens with zero attached hydrogens (tertiary/aromatic N) is 2. The van der Waals surface area contributed by atoms with Crippen LogP contribution < -0.4 is 0 Å². The van der Waals surface area contributed by atoms with Gasteiger partial charge in [0.05, 0.1) is 24.4 Å². The molecular weight excluding hydrogens is 393 g/mol. The summed E-state index contributed by atoms with van der Waals surface area (Å²) in [5.74, 6) is 0.369. The lowest BCUT2D eigenvalue weighted by Crippen LogP contribution is -2.44. The normalized spacial score (nSPS) is 20.5. The van der Waals surface area contributed by atoms with Crippen LogP contribution in [0.1, 0.15) is 54.2 Å². The minimum absolute atomic E-state index is 0.145. The zero-order valence-corrected chi connectivity index (χ0v) is 16.7. The van der Waals surface area contributed by atoms with Gasteiger partial charge < -0.3 is 9.64 Å². The fourth-order valence-electron chi connectivity index (χ4n) is 4.28. The summed E-state index contributed by atoms with van der Waals surface area (Å²) in [6.07, 6.45) is 1.63. The molecule has 160 valence electrons. The molecule has 1 aliphatic heterocycles. The van der Waals surface area contributed by atoms with Gasteiger partial charge in [-0.15, -0.1) is 0 Å². The van der Waals surface area contributed by atoms with Gasteiger partial charge in [0.25, 0.3) is 0 Å². The van der Waals surface area contributed by atoms with E-state index in [2.05, 4.69) is 4.98 Å². The monoisotopic (exact) mass is 418 g/mol. The molecule has 30 heavy (non-hydrogen) atoms. The second-order valence-electron chi connectivity index (χ2n) is 8.09. The topological polar surface area (TPSA) is 42.4 Å². The summed E-state index contributed by atoms with van der Waals surface area (Å²) < 4.78 is 44.5. The molecule has 0 unspecified atom stereocenters. The van der Waals surface area contributed by atoms with Gasteiger partial charge in [-0.05, 0) is 42.5 Å². The molecule has 0 bridgehead atoms. The van der Waals surface area contributed by atoms with Crippen molar-refractivity contribution in [3.8, 4) is 0 Å². The van der Waals surface area contributed by atoms with E-state index < -0.39 is 11.7 Å². The first-order valence-corrected chi connectivity index (χ1v) is 10.4. The highest BCUT2D eigenvalue weighted by Crippen LogP contribution is 2.31. The van der Waals surface area contributed by atoms with Crippen molar-refractivity contribution in [2.45, 2.75) is 44.4 Å². The third kappa shape index (κ3) is 4.83. The van der Waals surface area contributed by atoms with E-state index in [0.717, 1.165) is 43.0 Å². The number of pyridine rings is 1. The van der Waals surface area contributed by atoms with E-state index >= 15 is 0 Å². The Morgan fingerprint density at radius 1 is 1.13 bits per heavy atom. The van der Waals surface area contributed by atoms with Crippen LogP contribution in [0.4, 0.5) is 13.2 Å². The number of alkyl halides is 3. The van der Waals surface area contributed by atoms with Gasteiger partial charge in [0.2, 0.25) is 5.91 Å². The third-order valence-electron chi connectivity index (χ3n) is 5.92. The van der Waals surface area contributed by atoms with Crippen molar-refractivity contribution in [3.05, 3.63) is 65.0 Å². The van der Waals surface area contributed by atoms with E-state index in [1.807, 2.05) is 17.0 Å². The Morgan fingerprint density at radius 2 is 1.93 bits per heavy atom. The predicted molar refractivity (Wildman–Crippen MR) is 106 cm³/mol. The van der Waals surface area contributed by atoms with Crippen LogP contribution in [0, 0.1) is 5.92 Å². The minimum Gasteiger partial charge on any atom is -0.368 e. The quantitative estimate of drug-likeness (QED) is 0.718. The Morgan fingerprint density at radius 3 is 2.63 bits per heavy atom. The zero-order valence-electron chi connectivity index (χ0n) is 16.7. The minimum atomic E-state index is -4.35. The second kappa shape index (κ2) is 8.76. The number of hydrogen-bond donors (Lipinski definition) is 0. The summed E-state index contributed by atoms with van der Waals surface area (Å²) in [7, 11) is 0. The molecule has 1 aliphatic carbocycles. The maximum Gasteiger partial charge on any atom is 0.416 e.